The van der Waals surface area contributed by atoms with Crippen molar-refractivity contribution in [3.63, 3.8) is 0 Å². The maximum atomic E-state index is 13.2. The first kappa shape index (κ1) is 12.6. The lowest BCUT2D eigenvalue weighted by Crippen LogP contribution is -2.22. The molecule has 0 radical (unpaired) electrons. The minimum atomic E-state index is -2.64. The maximum Gasteiger partial charge on any atom is 0.268 e. The second kappa shape index (κ2) is 5.36. The Morgan fingerprint density at radius 3 is 2.15 bits per heavy atom. The second-order valence-electron chi connectivity index (χ2n) is 4.02. The molecule has 0 heterocycles. The maximum absolute atomic E-state index is 13.2. The molecule has 0 aliphatic rings. The molecular weight excluding hydrogens is 170 g/mol. The summed E-state index contributed by atoms with van der Waals surface area (Å²) < 4.78 is 26.4. The third-order valence-corrected chi connectivity index (χ3v) is 2.22. The van der Waals surface area contributed by atoms with E-state index >= 15 is 0 Å². The smallest absolute Gasteiger partial charge is 0.202 e. The van der Waals surface area contributed by atoms with Gasteiger partial charge in [0.15, 0.2) is 0 Å². The molecule has 0 nitrogen and oxygen atoms in total. The molecule has 0 rings (SSSR count). The van der Waals surface area contributed by atoms with Crippen LogP contribution >= 0.6 is 0 Å². The zero-order valence-corrected chi connectivity index (χ0v) is 8.98. The van der Waals surface area contributed by atoms with Crippen LogP contribution in [0.1, 0.15) is 40.5 Å². The van der Waals surface area contributed by atoms with Crippen LogP contribution in [0.15, 0.2) is 12.2 Å². The van der Waals surface area contributed by atoms with Crippen LogP contribution in [0.2, 0.25) is 0 Å². The van der Waals surface area contributed by atoms with Crippen LogP contribution in [0.4, 0.5) is 8.78 Å². The number of allylic oxidation sites excluding steroid dienone is 2. The first-order valence-corrected chi connectivity index (χ1v) is 4.95. The molecule has 0 aliphatic carbocycles. The number of alkyl halides is 2. The van der Waals surface area contributed by atoms with Crippen molar-refractivity contribution in [2.45, 2.75) is 46.5 Å². The van der Waals surface area contributed by atoms with Gasteiger partial charge >= 0.3 is 0 Å². The summed E-state index contributed by atoms with van der Waals surface area (Å²) in [6, 6.07) is 0. The van der Waals surface area contributed by atoms with Crippen molar-refractivity contribution < 1.29 is 8.78 Å². The highest BCUT2D eigenvalue weighted by Gasteiger charge is 2.31. The van der Waals surface area contributed by atoms with Gasteiger partial charge in [-0.1, -0.05) is 33.8 Å². The molecular formula is C11H20F2. The van der Waals surface area contributed by atoms with Crippen molar-refractivity contribution in [1.82, 2.24) is 0 Å². The molecule has 2 heteroatoms. The largest absolute Gasteiger partial charge is 0.268 e. The van der Waals surface area contributed by atoms with E-state index in [4.69, 9.17) is 0 Å². The molecule has 0 saturated carbocycles. The molecule has 0 amide bonds. The van der Waals surface area contributed by atoms with Crippen LogP contribution in [0.3, 0.4) is 0 Å². The summed E-state index contributed by atoms with van der Waals surface area (Å²) in [6.07, 6.45) is 3.89. The molecule has 0 aromatic rings. The molecule has 0 N–H and O–H groups in total. The fourth-order valence-corrected chi connectivity index (χ4v) is 0.934. The van der Waals surface area contributed by atoms with E-state index in [0.29, 0.717) is 12.3 Å². The van der Waals surface area contributed by atoms with Crippen molar-refractivity contribution in [3.05, 3.63) is 12.2 Å². The average Bonchev–Trinajstić information content (AvgIpc) is 2.01. The highest BCUT2D eigenvalue weighted by molar-refractivity contribution is 4.97. The topological polar surface area (TPSA) is 0 Å². The third kappa shape index (κ3) is 5.02. The molecule has 1 atom stereocenters. The van der Waals surface area contributed by atoms with Gasteiger partial charge in [0.25, 0.3) is 5.92 Å². The van der Waals surface area contributed by atoms with Crippen LogP contribution in [-0.4, -0.2) is 5.92 Å². The van der Waals surface area contributed by atoms with E-state index in [1.54, 1.807) is 19.9 Å². The molecule has 1 unspecified atom stereocenters. The molecule has 13 heavy (non-hydrogen) atoms. The summed E-state index contributed by atoms with van der Waals surface area (Å²) >= 11 is 0. The fraction of sp³-hybridized carbons (Fsp3) is 0.818. The fourth-order valence-electron chi connectivity index (χ4n) is 0.934. The summed E-state index contributed by atoms with van der Waals surface area (Å²) in [5.74, 6) is -2.75. The van der Waals surface area contributed by atoms with Crippen LogP contribution in [0.5, 0.6) is 0 Å². The first-order chi connectivity index (χ1) is 5.90. The predicted octanol–water partition coefficient (Wildman–Crippen LogP) is 4.27. The van der Waals surface area contributed by atoms with Gasteiger partial charge in [-0.25, -0.2) is 8.78 Å². The van der Waals surface area contributed by atoms with Crippen molar-refractivity contribution in [2.24, 2.45) is 11.8 Å². The van der Waals surface area contributed by atoms with E-state index in [-0.39, 0.29) is 0 Å². The lowest BCUT2D eigenvalue weighted by atomic mass is 9.99. The monoisotopic (exact) mass is 190 g/mol. The van der Waals surface area contributed by atoms with Gasteiger partial charge in [-0.15, -0.1) is 0 Å². The quantitative estimate of drug-likeness (QED) is 0.568. The number of hydrogen-bond donors (Lipinski definition) is 0. The highest BCUT2D eigenvalue weighted by Crippen LogP contribution is 2.28. The molecule has 78 valence electrons. The zero-order chi connectivity index (χ0) is 10.5. The van der Waals surface area contributed by atoms with E-state index in [1.807, 2.05) is 13.8 Å². The minimum Gasteiger partial charge on any atom is -0.202 e. The van der Waals surface area contributed by atoms with Gasteiger partial charge in [0.2, 0.25) is 0 Å². The predicted molar refractivity (Wildman–Crippen MR) is 53.0 cm³/mol. The van der Waals surface area contributed by atoms with Gasteiger partial charge in [0.05, 0.1) is 0 Å². The Labute approximate surface area is 80.0 Å². The van der Waals surface area contributed by atoms with Gasteiger partial charge in [0, 0.05) is 5.92 Å². The SMILES string of the molecule is CCC(C)C(F)(F)/C=C/CC(C)C. The number of hydrogen-bond acceptors (Lipinski definition) is 0. The van der Waals surface area contributed by atoms with Gasteiger partial charge in [0.1, 0.15) is 0 Å². The summed E-state index contributed by atoms with van der Waals surface area (Å²) in [7, 11) is 0. The third-order valence-electron chi connectivity index (χ3n) is 2.22. The summed E-state index contributed by atoms with van der Waals surface area (Å²) in [4.78, 5) is 0. The lowest BCUT2D eigenvalue weighted by molar-refractivity contribution is -0.00308. The molecule has 0 spiro atoms. The van der Waals surface area contributed by atoms with E-state index < -0.39 is 11.8 Å². The van der Waals surface area contributed by atoms with E-state index in [1.165, 1.54) is 0 Å². The molecule has 0 bridgehead atoms. The molecule has 0 saturated heterocycles. The van der Waals surface area contributed by atoms with Gasteiger partial charge in [-0.3, -0.25) is 0 Å². The second-order valence-corrected chi connectivity index (χ2v) is 4.02. The molecule has 0 fully saturated rings. The highest BCUT2D eigenvalue weighted by atomic mass is 19.3. The van der Waals surface area contributed by atoms with E-state index in [2.05, 4.69) is 0 Å². The summed E-state index contributed by atoms with van der Waals surface area (Å²) in [6.45, 7) is 7.41. The Kier molecular flexibility index (Phi) is 5.19. The van der Waals surface area contributed by atoms with Crippen LogP contribution < -0.4 is 0 Å². The lowest BCUT2D eigenvalue weighted by Gasteiger charge is -2.18. The molecule has 0 aromatic heterocycles. The number of rotatable bonds is 5. The van der Waals surface area contributed by atoms with E-state index in [0.717, 1.165) is 12.5 Å². The Hall–Kier alpha value is -0.400. The van der Waals surface area contributed by atoms with Crippen molar-refractivity contribution in [2.75, 3.05) is 0 Å². The molecule has 0 aromatic carbocycles. The minimum absolute atomic E-state index is 0.448. The van der Waals surface area contributed by atoms with Gasteiger partial charge in [-0.05, 0) is 24.8 Å². The van der Waals surface area contributed by atoms with Crippen LogP contribution in [0.25, 0.3) is 0 Å². The Morgan fingerprint density at radius 1 is 1.23 bits per heavy atom. The Balaban J connectivity index is 4.07. The van der Waals surface area contributed by atoms with Crippen molar-refractivity contribution in [1.29, 1.82) is 0 Å². The van der Waals surface area contributed by atoms with Crippen molar-refractivity contribution >= 4 is 0 Å². The van der Waals surface area contributed by atoms with Gasteiger partial charge in [-0.2, -0.15) is 0 Å². The summed E-state index contributed by atoms with van der Waals surface area (Å²) in [5, 5.41) is 0. The van der Waals surface area contributed by atoms with Crippen LogP contribution in [-0.2, 0) is 0 Å². The Morgan fingerprint density at radius 2 is 1.77 bits per heavy atom. The normalized spacial score (nSPS) is 15.6. The van der Waals surface area contributed by atoms with Crippen molar-refractivity contribution in [3.8, 4) is 0 Å². The Bertz CT molecular complexity index is 159. The van der Waals surface area contributed by atoms with Gasteiger partial charge < -0.3 is 0 Å². The number of halogens is 2. The van der Waals surface area contributed by atoms with Crippen LogP contribution in [0, 0.1) is 11.8 Å². The van der Waals surface area contributed by atoms with E-state index in [9.17, 15) is 8.78 Å². The standard InChI is InChI=1S/C11H20F2/c1-5-10(4)11(12,13)8-6-7-9(2)3/h6,8-10H,5,7H2,1-4H3/b8-6+. The summed E-state index contributed by atoms with van der Waals surface area (Å²) in [5.41, 5.74) is 0. The zero-order valence-electron chi connectivity index (χ0n) is 8.98. The average molecular weight is 190 g/mol. The first-order valence-electron chi connectivity index (χ1n) is 4.95. The molecule has 0 aliphatic heterocycles.